The summed E-state index contributed by atoms with van der Waals surface area (Å²) in [5, 5.41) is 7.17. The van der Waals surface area contributed by atoms with E-state index in [1.165, 1.54) is 18.6 Å². The number of benzene rings is 1. The molecule has 9 nitrogen and oxygen atoms in total. The Morgan fingerprint density at radius 2 is 1.93 bits per heavy atom. The van der Waals surface area contributed by atoms with Gasteiger partial charge in [-0.3, -0.25) is 14.5 Å². The summed E-state index contributed by atoms with van der Waals surface area (Å²) in [4.78, 5) is 43.3. The molecule has 3 aromatic rings. The molecule has 0 spiro atoms. The number of nitrogens with one attached hydrogen (secondary N) is 4. The SMILES string of the molecule is CNC(C)C(=O)NC(C(=O)N1CCC2C1C(c1c[nH]c3cc(F)ccc13)CN2C(C)c1ncc[nH]1)C1CCCCC1. The zero-order chi connectivity index (χ0) is 28.7. The lowest BCUT2D eigenvalue weighted by atomic mass is 9.82. The fourth-order valence-electron chi connectivity index (χ4n) is 7.63. The number of hydrogen-bond acceptors (Lipinski definition) is 5. The van der Waals surface area contributed by atoms with Gasteiger partial charge in [0.1, 0.15) is 17.7 Å². The van der Waals surface area contributed by atoms with Gasteiger partial charge in [-0.15, -0.1) is 0 Å². The molecule has 3 fully saturated rings. The van der Waals surface area contributed by atoms with E-state index >= 15 is 0 Å². The Kier molecular flexibility index (Phi) is 7.87. The molecule has 2 amide bonds. The highest BCUT2D eigenvalue weighted by atomic mass is 19.1. The van der Waals surface area contributed by atoms with Crippen molar-refractivity contribution in [3.05, 3.63) is 54.0 Å². The lowest BCUT2D eigenvalue weighted by Crippen LogP contribution is -2.57. The van der Waals surface area contributed by atoms with Gasteiger partial charge in [0.2, 0.25) is 11.8 Å². The van der Waals surface area contributed by atoms with E-state index in [1.54, 1.807) is 13.2 Å². The largest absolute Gasteiger partial charge is 0.361 e. The van der Waals surface area contributed by atoms with E-state index in [0.29, 0.717) is 6.54 Å². The molecule has 3 aliphatic rings. The number of likely N-dealkylation sites (N-methyl/N-ethyl adjacent to an activating group) is 1. The maximum absolute atomic E-state index is 14.6. The molecule has 6 rings (SSSR count). The highest BCUT2D eigenvalue weighted by molar-refractivity contribution is 5.90. The summed E-state index contributed by atoms with van der Waals surface area (Å²) >= 11 is 0. The third-order valence-electron chi connectivity index (χ3n) is 9.95. The van der Waals surface area contributed by atoms with E-state index in [0.717, 1.165) is 60.9 Å². The Morgan fingerprint density at radius 3 is 2.66 bits per heavy atom. The number of carbonyl (C=O) groups excluding carboxylic acids is 2. The summed E-state index contributed by atoms with van der Waals surface area (Å²) in [6, 6.07) is 4.10. The third kappa shape index (κ3) is 5.16. The molecule has 2 saturated heterocycles. The number of rotatable bonds is 8. The predicted molar refractivity (Wildman–Crippen MR) is 156 cm³/mol. The molecule has 6 unspecified atom stereocenters. The van der Waals surface area contributed by atoms with E-state index in [2.05, 4.69) is 42.3 Å². The minimum Gasteiger partial charge on any atom is -0.361 e. The molecule has 1 aliphatic carbocycles. The number of halogens is 1. The van der Waals surface area contributed by atoms with E-state index in [9.17, 15) is 14.0 Å². The number of imidazole rings is 1. The number of aromatic amines is 2. The Morgan fingerprint density at radius 1 is 1.12 bits per heavy atom. The summed E-state index contributed by atoms with van der Waals surface area (Å²) in [5.74, 6) is 0.692. The molecule has 4 N–H and O–H groups in total. The third-order valence-corrected chi connectivity index (χ3v) is 9.95. The summed E-state index contributed by atoms with van der Waals surface area (Å²) in [6.45, 7) is 5.38. The average Bonchev–Trinajstić information content (AvgIpc) is 3.79. The molecule has 1 saturated carbocycles. The minimum absolute atomic E-state index is 0.0296. The quantitative estimate of drug-likeness (QED) is 0.333. The van der Waals surface area contributed by atoms with E-state index in [-0.39, 0.29) is 53.6 Å². The zero-order valence-corrected chi connectivity index (χ0v) is 24.2. The van der Waals surface area contributed by atoms with E-state index in [4.69, 9.17) is 0 Å². The standard InChI is InChI=1S/C31H42FN7O2/c1-18(33-3)30(40)37-27(20-7-5-4-6-8-20)31(41)38-14-11-26-28(38)24(17-39(26)19(2)29-34-12-13-35-29)23-16-36-25-15-21(32)9-10-22(23)25/h9-10,12-13,15-16,18-20,24,26-28,33,36H,4-8,11,14,17H2,1-3H3,(H,34,35)(H,37,40). The zero-order valence-electron chi connectivity index (χ0n) is 24.2. The van der Waals surface area contributed by atoms with Crippen molar-refractivity contribution < 1.29 is 14.0 Å². The van der Waals surface area contributed by atoms with Crippen LogP contribution in [0.25, 0.3) is 10.9 Å². The topological polar surface area (TPSA) is 109 Å². The molecular formula is C31H42FN7O2. The lowest BCUT2D eigenvalue weighted by molar-refractivity contribution is -0.139. The molecule has 2 aliphatic heterocycles. The van der Waals surface area contributed by atoms with Crippen molar-refractivity contribution in [2.75, 3.05) is 20.1 Å². The van der Waals surface area contributed by atoms with Gasteiger partial charge in [-0.25, -0.2) is 9.37 Å². The summed E-state index contributed by atoms with van der Waals surface area (Å²) < 4.78 is 14.1. The van der Waals surface area contributed by atoms with Gasteiger partial charge in [0.15, 0.2) is 0 Å². The van der Waals surface area contributed by atoms with Crippen molar-refractivity contribution in [3.8, 4) is 0 Å². The van der Waals surface area contributed by atoms with Crippen LogP contribution in [0, 0.1) is 11.7 Å². The van der Waals surface area contributed by atoms with Crippen LogP contribution in [0.3, 0.4) is 0 Å². The molecule has 1 aromatic carbocycles. The number of H-pyrrole nitrogens is 2. The molecule has 10 heteroatoms. The molecule has 0 radical (unpaired) electrons. The number of nitrogens with zero attached hydrogens (tertiary/aromatic N) is 3. The lowest BCUT2D eigenvalue weighted by Gasteiger charge is -2.36. The Bertz CT molecular complexity index is 1370. The molecule has 2 aromatic heterocycles. The molecule has 4 heterocycles. The van der Waals surface area contributed by atoms with Gasteiger partial charge >= 0.3 is 0 Å². The Balaban J connectivity index is 1.36. The van der Waals surface area contributed by atoms with Gasteiger partial charge in [0, 0.05) is 54.5 Å². The van der Waals surface area contributed by atoms with Crippen LogP contribution in [0.4, 0.5) is 4.39 Å². The maximum Gasteiger partial charge on any atom is 0.245 e. The van der Waals surface area contributed by atoms with Crippen molar-refractivity contribution in [1.82, 2.24) is 35.4 Å². The van der Waals surface area contributed by atoms with Crippen LogP contribution < -0.4 is 10.6 Å². The van der Waals surface area contributed by atoms with Crippen molar-refractivity contribution >= 4 is 22.7 Å². The number of hydrogen-bond donors (Lipinski definition) is 4. The second-order valence-electron chi connectivity index (χ2n) is 12.2. The van der Waals surface area contributed by atoms with Crippen molar-refractivity contribution in [1.29, 1.82) is 0 Å². The highest BCUT2D eigenvalue weighted by Crippen LogP contribution is 2.46. The Hall–Kier alpha value is -3.24. The smallest absolute Gasteiger partial charge is 0.245 e. The van der Waals surface area contributed by atoms with Crippen LogP contribution >= 0.6 is 0 Å². The fourth-order valence-corrected chi connectivity index (χ4v) is 7.63. The predicted octanol–water partition coefficient (Wildman–Crippen LogP) is 3.83. The minimum atomic E-state index is -0.536. The van der Waals surface area contributed by atoms with E-state index < -0.39 is 6.04 Å². The number of likely N-dealkylation sites (tertiary alicyclic amines) is 2. The van der Waals surface area contributed by atoms with Crippen molar-refractivity contribution in [3.63, 3.8) is 0 Å². The molecule has 6 atom stereocenters. The van der Waals surface area contributed by atoms with Crippen LogP contribution in [0.1, 0.15) is 75.7 Å². The molecule has 41 heavy (non-hydrogen) atoms. The van der Waals surface area contributed by atoms with Gasteiger partial charge < -0.3 is 25.5 Å². The molecule has 0 bridgehead atoms. The van der Waals surface area contributed by atoms with Crippen LogP contribution in [0.5, 0.6) is 0 Å². The second kappa shape index (κ2) is 11.6. The van der Waals surface area contributed by atoms with Crippen LogP contribution in [-0.4, -0.2) is 80.9 Å². The van der Waals surface area contributed by atoms with Crippen molar-refractivity contribution in [2.45, 2.75) is 88.5 Å². The monoisotopic (exact) mass is 563 g/mol. The first-order valence-electron chi connectivity index (χ1n) is 15.2. The van der Waals surface area contributed by atoms with Crippen LogP contribution in [0.15, 0.2) is 36.8 Å². The average molecular weight is 564 g/mol. The number of amides is 2. The summed E-state index contributed by atoms with van der Waals surface area (Å²) in [7, 11) is 1.76. The van der Waals surface area contributed by atoms with Crippen LogP contribution in [-0.2, 0) is 9.59 Å². The van der Waals surface area contributed by atoms with Gasteiger partial charge in [-0.05, 0) is 69.8 Å². The van der Waals surface area contributed by atoms with Gasteiger partial charge in [-0.1, -0.05) is 19.3 Å². The molecule has 220 valence electrons. The number of fused-ring (bicyclic) bond motifs is 2. The molecular weight excluding hydrogens is 521 g/mol. The van der Waals surface area contributed by atoms with Crippen molar-refractivity contribution in [2.24, 2.45) is 5.92 Å². The second-order valence-corrected chi connectivity index (χ2v) is 12.2. The van der Waals surface area contributed by atoms with Crippen LogP contribution in [0.2, 0.25) is 0 Å². The first kappa shape index (κ1) is 27.9. The summed E-state index contributed by atoms with van der Waals surface area (Å²) in [5.41, 5.74) is 1.87. The van der Waals surface area contributed by atoms with E-state index in [1.807, 2.05) is 25.4 Å². The van der Waals surface area contributed by atoms with Gasteiger partial charge in [0.25, 0.3) is 0 Å². The first-order chi connectivity index (χ1) is 19.9. The normalized spacial score (nSPS) is 25.8. The fraction of sp³-hybridized carbons (Fsp3) is 0.581. The van der Waals surface area contributed by atoms with Gasteiger partial charge in [-0.2, -0.15) is 0 Å². The van der Waals surface area contributed by atoms with Gasteiger partial charge in [0.05, 0.1) is 18.1 Å². The highest BCUT2D eigenvalue weighted by Gasteiger charge is 2.53. The number of carbonyl (C=O) groups is 2. The summed E-state index contributed by atoms with van der Waals surface area (Å²) in [6.07, 6.45) is 11.7. The Labute approximate surface area is 240 Å². The maximum atomic E-state index is 14.6. The number of aromatic nitrogens is 3. The first-order valence-corrected chi connectivity index (χ1v) is 15.2.